The molecule has 0 aliphatic carbocycles. The average molecular weight is 457 g/mol. The van der Waals surface area contributed by atoms with Gasteiger partial charge in [0.1, 0.15) is 17.7 Å². The van der Waals surface area contributed by atoms with Gasteiger partial charge in [0.2, 0.25) is 0 Å². The molecule has 0 radical (unpaired) electrons. The molecule has 4 atom stereocenters. The zero-order valence-corrected chi connectivity index (χ0v) is 18.4. The standard InChI is InChI=1S/C22H24Cl2F2N2O2/c1-21(2,3)10-16-22(27,13-8-7-11(23)9-15(13)25)17(19(28-16)20(29)30)12-5-4-6-14(24)18(12)26/h4-9,16-17,19,28H,10,27H2,1-3H3,(H,29,30). The maximum absolute atomic E-state index is 15.1. The van der Waals surface area contributed by atoms with Crippen molar-refractivity contribution >= 4 is 29.2 Å². The van der Waals surface area contributed by atoms with Crippen molar-refractivity contribution in [1.29, 1.82) is 0 Å². The van der Waals surface area contributed by atoms with E-state index in [0.29, 0.717) is 6.42 Å². The van der Waals surface area contributed by atoms with Gasteiger partial charge in [-0.25, -0.2) is 8.78 Å². The smallest absolute Gasteiger partial charge is 0.321 e. The van der Waals surface area contributed by atoms with Crippen molar-refractivity contribution in [2.45, 2.75) is 50.7 Å². The Hall–Kier alpha value is -1.73. The van der Waals surface area contributed by atoms with Gasteiger partial charge < -0.3 is 10.8 Å². The van der Waals surface area contributed by atoms with Crippen LogP contribution in [-0.4, -0.2) is 23.2 Å². The summed E-state index contributed by atoms with van der Waals surface area (Å²) in [6.45, 7) is 5.91. The van der Waals surface area contributed by atoms with E-state index in [1.807, 2.05) is 20.8 Å². The number of carboxylic acids is 1. The monoisotopic (exact) mass is 456 g/mol. The van der Waals surface area contributed by atoms with Gasteiger partial charge >= 0.3 is 5.97 Å². The highest BCUT2D eigenvalue weighted by atomic mass is 35.5. The van der Waals surface area contributed by atoms with Crippen LogP contribution in [0, 0.1) is 17.0 Å². The van der Waals surface area contributed by atoms with Gasteiger partial charge in [-0.3, -0.25) is 10.1 Å². The van der Waals surface area contributed by atoms with Crippen molar-refractivity contribution in [2.75, 3.05) is 0 Å². The van der Waals surface area contributed by atoms with E-state index in [4.69, 9.17) is 28.9 Å². The summed E-state index contributed by atoms with van der Waals surface area (Å²) in [4.78, 5) is 12.2. The van der Waals surface area contributed by atoms with Gasteiger partial charge in [-0.05, 0) is 35.6 Å². The van der Waals surface area contributed by atoms with Gasteiger partial charge in [-0.15, -0.1) is 0 Å². The second-order valence-corrected chi connectivity index (χ2v) is 9.82. The Morgan fingerprint density at radius 2 is 1.90 bits per heavy atom. The van der Waals surface area contributed by atoms with Crippen molar-refractivity contribution in [2.24, 2.45) is 11.1 Å². The number of nitrogens with two attached hydrogens (primary N) is 1. The summed E-state index contributed by atoms with van der Waals surface area (Å²) in [7, 11) is 0. The summed E-state index contributed by atoms with van der Waals surface area (Å²) in [5.74, 6) is -3.77. The molecule has 0 aromatic heterocycles. The molecule has 30 heavy (non-hydrogen) atoms. The van der Waals surface area contributed by atoms with Crippen LogP contribution in [0.3, 0.4) is 0 Å². The van der Waals surface area contributed by atoms with Crippen LogP contribution in [0.5, 0.6) is 0 Å². The van der Waals surface area contributed by atoms with Crippen molar-refractivity contribution < 1.29 is 18.7 Å². The lowest BCUT2D eigenvalue weighted by Gasteiger charge is -2.39. The van der Waals surface area contributed by atoms with Crippen LogP contribution in [-0.2, 0) is 10.3 Å². The molecule has 0 amide bonds. The molecule has 4 nitrogen and oxygen atoms in total. The second kappa shape index (κ2) is 8.08. The Labute approximate surface area is 184 Å². The van der Waals surface area contributed by atoms with Gasteiger partial charge in [-0.2, -0.15) is 0 Å². The lowest BCUT2D eigenvalue weighted by atomic mass is 9.68. The maximum Gasteiger partial charge on any atom is 0.321 e. The summed E-state index contributed by atoms with van der Waals surface area (Å²) in [5.41, 5.74) is 5.14. The van der Waals surface area contributed by atoms with E-state index in [1.165, 1.54) is 30.3 Å². The average Bonchev–Trinajstić information content (AvgIpc) is 2.89. The Morgan fingerprint density at radius 1 is 1.23 bits per heavy atom. The first kappa shape index (κ1) is 22.9. The van der Waals surface area contributed by atoms with E-state index < -0.39 is 41.1 Å². The molecule has 0 saturated carbocycles. The molecule has 1 aliphatic heterocycles. The Balaban J connectivity index is 2.30. The molecule has 0 bridgehead atoms. The van der Waals surface area contributed by atoms with Gasteiger partial charge in [0, 0.05) is 22.5 Å². The largest absolute Gasteiger partial charge is 0.480 e. The number of halogens is 4. The lowest BCUT2D eigenvalue weighted by Crippen LogP contribution is -2.52. The first-order valence-corrected chi connectivity index (χ1v) is 10.3. The van der Waals surface area contributed by atoms with Gasteiger partial charge in [0.15, 0.2) is 0 Å². The molecule has 8 heteroatoms. The molecule has 1 aliphatic rings. The normalized spacial score (nSPS) is 26.7. The minimum atomic E-state index is -1.57. The topological polar surface area (TPSA) is 75.3 Å². The van der Waals surface area contributed by atoms with Crippen LogP contribution in [0.4, 0.5) is 8.78 Å². The minimum absolute atomic E-state index is 0.0238. The van der Waals surface area contributed by atoms with E-state index in [2.05, 4.69) is 5.32 Å². The van der Waals surface area contributed by atoms with E-state index in [9.17, 15) is 9.90 Å². The van der Waals surface area contributed by atoms with Gasteiger partial charge in [0.05, 0.1) is 10.6 Å². The maximum atomic E-state index is 15.1. The van der Waals surface area contributed by atoms with Crippen molar-refractivity contribution in [1.82, 2.24) is 5.32 Å². The van der Waals surface area contributed by atoms with Crippen LogP contribution in [0.2, 0.25) is 10.0 Å². The number of carboxylic acid groups (broad SMARTS) is 1. The lowest BCUT2D eigenvalue weighted by molar-refractivity contribution is -0.139. The molecule has 0 spiro atoms. The first-order valence-electron chi connectivity index (χ1n) is 9.53. The number of nitrogens with one attached hydrogen (secondary N) is 1. The minimum Gasteiger partial charge on any atom is -0.480 e. The number of aliphatic carboxylic acids is 1. The molecule has 1 saturated heterocycles. The molecule has 3 rings (SSSR count). The predicted octanol–water partition coefficient (Wildman–Crippen LogP) is 5.07. The molecule has 2 aromatic rings. The summed E-state index contributed by atoms with van der Waals surface area (Å²) in [6, 6.07) is 6.49. The van der Waals surface area contributed by atoms with Crippen molar-refractivity contribution in [3.8, 4) is 0 Å². The molecule has 2 aromatic carbocycles. The number of hydrogen-bond donors (Lipinski definition) is 3. The Morgan fingerprint density at radius 3 is 2.47 bits per heavy atom. The Bertz CT molecular complexity index is 980. The molecular weight excluding hydrogens is 433 g/mol. The van der Waals surface area contributed by atoms with Crippen LogP contribution >= 0.6 is 23.2 Å². The van der Waals surface area contributed by atoms with E-state index in [-0.39, 0.29) is 26.6 Å². The summed E-state index contributed by atoms with van der Waals surface area (Å²) >= 11 is 11.9. The fourth-order valence-electron chi connectivity index (χ4n) is 4.39. The summed E-state index contributed by atoms with van der Waals surface area (Å²) < 4.78 is 30.1. The van der Waals surface area contributed by atoms with E-state index in [1.54, 1.807) is 0 Å². The summed E-state index contributed by atoms with van der Waals surface area (Å²) in [5, 5.41) is 13.0. The fraction of sp³-hybridized carbons (Fsp3) is 0.409. The second-order valence-electron chi connectivity index (χ2n) is 8.98. The molecule has 1 heterocycles. The van der Waals surface area contributed by atoms with Crippen LogP contribution in [0.25, 0.3) is 0 Å². The quantitative estimate of drug-likeness (QED) is 0.599. The SMILES string of the molecule is CC(C)(C)CC1NC(C(=O)O)C(c2cccc(Cl)c2F)C1(N)c1ccc(Cl)cc1F. The van der Waals surface area contributed by atoms with Crippen molar-refractivity contribution in [3.05, 3.63) is 69.2 Å². The zero-order valence-electron chi connectivity index (χ0n) is 16.8. The zero-order chi connectivity index (χ0) is 22.4. The number of benzene rings is 2. The predicted molar refractivity (Wildman–Crippen MR) is 114 cm³/mol. The van der Waals surface area contributed by atoms with E-state index in [0.717, 1.165) is 6.07 Å². The molecule has 4 N–H and O–H groups in total. The first-order chi connectivity index (χ1) is 13.9. The number of rotatable bonds is 4. The molecule has 162 valence electrons. The van der Waals surface area contributed by atoms with Gasteiger partial charge in [-0.1, -0.05) is 62.2 Å². The highest BCUT2D eigenvalue weighted by Gasteiger charge is 2.58. The van der Waals surface area contributed by atoms with Gasteiger partial charge in [0.25, 0.3) is 0 Å². The third kappa shape index (κ3) is 4.06. The highest BCUT2D eigenvalue weighted by Crippen LogP contribution is 2.49. The van der Waals surface area contributed by atoms with Crippen LogP contribution in [0.15, 0.2) is 36.4 Å². The Kier molecular flexibility index (Phi) is 6.18. The van der Waals surface area contributed by atoms with Crippen molar-refractivity contribution in [3.63, 3.8) is 0 Å². The van der Waals surface area contributed by atoms with Crippen LogP contribution < -0.4 is 11.1 Å². The molecule has 4 unspecified atom stereocenters. The third-order valence-electron chi connectivity index (χ3n) is 5.60. The highest BCUT2D eigenvalue weighted by molar-refractivity contribution is 6.31. The van der Waals surface area contributed by atoms with E-state index >= 15 is 8.78 Å². The molecule has 1 fully saturated rings. The fourth-order valence-corrected chi connectivity index (χ4v) is 4.73. The number of hydrogen-bond acceptors (Lipinski definition) is 3. The number of carbonyl (C=O) groups is 1. The summed E-state index contributed by atoms with van der Waals surface area (Å²) in [6.07, 6.45) is 0.425. The third-order valence-corrected chi connectivity index (χ3v) is 6.13. The van der Waals surface area contributed by atoms with Crippen LogP contribution in [0.1, 0.15) is 44.2 Å². The molecular formula is C22H24Cl2F2N2O2.